The Hall–Kier alpha value is -3.00. The minimum atomic E-state index is -0.212. The molecule has 0 bridgehead atoms. The van der Waals surface area contributed by atoms with Crippen molar-refractivity contribution in [1.29, 1.82) is 0 Å². The van der Waals surface area contributed by atoms with Crippen LogP contribution in [0.2, 0.25) is 0 Å². The van der Waals surface area contributed by atoms with E-state index in [9.17, 15) is 14.4 Å². The molecule has 1 aromatic carbocycles. The Kier molecular flexibility index (Phi) is 6.36. The number of carbonyl (C=O) groups excluding carboxylic acids is 2. The summed E-state index contributed by atoms with van der Waals surface area (Å²) in [6.45, 7) is 9.65. The lowest BCUT2D eigenvalue weighted by atomic mass is 10.1. The number of aromatic nitrogens is 2. The lowest BCUT2D eigenvalue weighted by Crippen LogP contribution is -2.24. The molecule has 0 saturated heterocycles. The highest BCUT2D eigenvalue weighted by molar-refractivity contribution is 7.18. The van der Waals surface area contributed by atoms with Gasteiger partial charge in [0.15, 0.2) is 0 Å². The molecule has 2 heterocycles. The molecule has 0 radical (unpaired) electrons. The van der Waals surface area contributed by atoms with Crippen molar-refractivity contribution < 1.29 is 9.59 Å². The normalized spacial score (nSPS) is 11.1. The molecular formula is C22H26N4O3S. The van der Waals surface area contributed by atoms with Crippen LogP contribution in [0.3, 0.4) is 0 Å². The van der Waals surface area contributed by atoms with E-state index in [0.29, 0.717) is 16.8 Å². The molecule has 0 aliphatic rings. The molecule has 0 atom stereocenters. The van der Waals surface area contributed by atoms with Gasteiger partial charge in [0.2, 0.25) is 11.8 Å². The Balaban J connectivity index is 1.70. The first-order valence-corrected chi connectivity index (χ1v) is 10.7. The molecule has 2 N–H and O–H groups in total. The minimum Gasteiger partial charge on any atom is -0.326 e. The number of benzene rings is 1. The lowest BCUT2D eigenvalue weighted by Gasteiger charge is -2.13. The van der Waals surface area contributed by atoms with Gasteiger partial charge in [0.25, 0.3) is 5.56 Å². The summed E-state index contributed by atoms with van der Waals surface area (Å²) >= 11 is 1.50. The van der Waals surface area contributed by atoms with Gasteiger partial charge in [0.05, 0.1) is 11.7 Å². The zero-order chi connectivity index (χ0) is 22.0. The highest BCUT2D eigenvalue weighted by Gasteiger charge is 2.14. The predicted molar refractivity (Wildman–Crippen MR) is 121 cm³/mol. The van der Waals surface area contributed by atoms with Gasteiger partial charge in [0.1, 0.15) is 4.83 Å². The number of thiophene rings is 1. The number of nitrogens with zero attached hydrogens (tertiary/aromatic N) is 2. The van der Waals surface area contributed by atoms with Crippen molar-refractivity contribution in [3.63, 3.8) is 0 Å². The highest BCUT2D eigenvalue weighted by atomic mass is 32.1. The molecule has 0 spiro atoms. The molecule has 7 nitrogen and oxygen atoms in total. The smallest absolute Gasteiger partial charge is 0.262 e. The van der Waals surface area contributed by atoms with Crippen LogP contribution in [0, 0.1) is 26.7 Å². The van der Waals surface area contributed by atoms with E-state index >= 15 is 0 Å². The maximum Gasteiger partial charge on any atom is 0.262 e. The third-order valence-electron chi connectivity index (χ3n) is 5.04. The number of anilines is 2. The first-order valence-electron chi connectivity index (χ1n) is 9.84. The zero-order valence-corrected chi connectivity index (χ0v) is 18.6. The van der Waals surface area contributed by atoms with Crippen LogP contribution in [0.25, 0.3) is 10.2 Å². The van der Waals surface area contributed by atoms with E-state index in [4.69, 9.17) is 0 Å². The third-order valence-corrected chi connectivity index (χ3v) is 6.15. The topological polar surface area (TPSA) is 93.1 Å². The average molecular weight is 427 g/mol. The highest BCUT2D eigenvalue weighted by Crippen LogP contribution is 2.25. The van der Waals surface area contributed by atoms with Gasteiger partial charge in [-0.3, -0.25) is 19.0 Å². The van der Waals surface area contributed by atoms with Crippen LogP contribution in [-0.2, 0) is 16.1 Å². The number of nitrogens with one attached hydrogen (secondary N) is 2. The summed E-state index contributed by atoms with van der Waals surface area (Å²) in [5.74, 6) is -0.433. The van der Waals surface area contributed by atoms with Gasteiger partial charge in [-0.25, -0.2) is 4.98 Å². The molecule has 0 fully saturated rings. The van der Waals surface area contributed by atoms with E-state index in [0.717, 1.165) is 20.8 Å². The van der Waals surface area contributed by atoms with Crippen molar-refractivity contribution in [2.24, 2.45) is 5.92 Å². The Morgan fingerprint density at radius 1 is 1.17 bits per heavy atom. The number of rotatable bonds is 6. The van der Waals surface area contributed by atoms with Gasteiger partial charge in [-0.05, 0) is 44.0 Å². The monoisotopic (exact) mass is 426 g/mol. The number of carbonyl (C=O) groups is 2. The van der Waals surface area contributed by atoms with Gasteiger partial charge in [-0.15, -0.1) is 11.3 Å². The second kappa shape index (κ2) is 8.79. The number of amides is 2. The summed E-state index contributed by atoms with van der Waals surface area (Å²) < 4.78 is 1.48. The largest absolute Gasteiger partial charge is 0.326 e. The van der Waals surface area contributed by atoms with Gasteiger partial charge >= 0.3 is 0 Å². The number of fused-ring (bicyclic) bond motifs is 1. The van der Waals surface area contributed by atoms with Crippen LogP contribution < -0.4 is 16.2 Å². The molecule has 3 aromatic rings. The van der Waals surface area contributed by atoms with Crippen molar-refractivity contribution in [2.45, 2.75) is 47.6 Å². The Morgan fingerprint density at radius 2 is 1.90 bits per heavy atom. The number of hydrogen-bond donors (Lipinski definition) is 2. The fourth-order valence-electron chi connectivity index (χ4n) is 2.98. The van der Waals surface area contributed by atoms with Crippen LogP contribution in [0.1, 0.15) is 36.3 Å². The lowest BCUT2D eigenvalue weighted by molar-refractivity contribution is -0.119. The van der Waals surface area contributed by atoms with Crippen LogP contribution in [0.15, 0.2) is 29.3 Å². The van der Waals surface area contributed by atoms with E-state index in [-0.39, 0.29) is 36.3 Å². The molecule has 158 valence electrons. The molecule has 8 heteroatoms. The van der Waals surface area contributed by atoms with Gasteiger partial charge < -0.3 is 10.6 Å². The summed E-state index contributed by atoms with van der Waals surface area (Å²) in [6, 6.07) is 5.39. The molecule has 2 aromatic heterocycles. The van der Waals surface area contributed by atoms with E-state index in [1.165, 1.54) is 22.2 Å². The fraction of sp³-hybridized carbons (Fsp3) is 0.364. The first kappa shape index (κ1) is 21.7. The molecule has 0 aliphatic carbocycles. The second-order valence-electron chi connectivity index (χ2n) is 7.68. The van der Waals surface area contributed by atoms with Crippen molar-refractivity contribution in [1.82, 2.24) is 9.55 Å². The number of aryl methyl sites for hydroxylation is 4. The second-order valence-corrected chi connectivity index (χ2v) is 8.88. The Bertz CT molecular complexity index is 1180. The summed E-state index contributed by atoms with van der Waals surface area (Å²) in [5, 5.41) is 6.33. The SMILES string of the molecule is Cc1ccc(NC(=O)C(C)C)cc1NC(=O)CCn1cnc2sc(C)c(C)c2c1=O. The van der Waals surface area contributed by atoms with Crippen molar-refractivity contribution in [3.05, 3.63) is 50.9 Å². The summed E-state index contributed by atoms with van der Waals surface area (Å²) in [5.41, 5.74) is 2.97. The maximum absolute atomic E-state index is 12.7. The van der Waals surface area contributed by atoms with Crippen LogP contribution in [0.5, 0.6) is 0 Å². The van der Waals surface area contributed by atoms with Crippen molar-refractivity contribution in [3.8, 4) is 0 Å². The van der Waals surface area contributed by atoms with Crippen molar-refractivity contribution in [2.75, 3.05) is 10.6 Å². The predicted octanol–water partition coefficient (Wildman–Crippen LogP) is 4.01. The summed E-state index contributed by atoms with van der Waals surface area (Å²) in [6.07, 6.45) is 1.64. The molecule has 2 amide bonds. The average Bonchev–Trinajstić information content (AvgIpc) is 2.98. The van der Waals surface area contributed by atoms with E-state index in [1.807, 2.05) is 40.7 Å². The minimum absolute atomic E-state index is 0.0858. The Morgan fingerprint density at radius 3 is 2.60 bits per heavy atom. The third kappa shape index (κ3) is 4.59. The van der Waals surface area contributed by atoms with E-state index in [1.54, 1.807) is 12.1 Å². The standard InChI is InChI=1S/C22H26N4O3S/c1-12(2)20(28)24-16-7-6-13(3)17(10-16)25-18(27)8-9-26-11-23-21-19(22(26)29)14(4)15(5)30-21/h6-7,10-12H,8-9H2,1-5H3,(H,24,28)(H,25,27). The Labute approximate surface area is 179 Å². The van der Waals surface area contributed by atoms with E-state index in [2.05, 4.69) is 15.6 Å². The zero-order valence-electron chi connectivity index (χ0n) is 17.8. The molecule has 0 unspecified atom stereocenters. The van der Waals surface area contributed by atoms with Gasteiger partial charge in [-0.1, -0.05) is 19.9 Å². The molecule has 0 aliphatic heterocycles. The molecule has 30 heavy (non-hydrogen) atoms. The molecular weight excluding hydrogens is 400 g/mol. The van der Waals surface area contributed by atoms with Crippen LogP contribution in [0.4, 0.5) is 11.4 Å². The van der Waals surface area contributed by atoms with Gasteiger partial charge in [0, 0.05) is 35.1 Å². The quantitative estimate of drug-likeness (QED) is 0.623. The van der Waals surface area contributed by atoms with Crippen LogP contribution >= 0.6 is 11.3 Å². The first-order chi connectivity index (χ1) is 14.2. The summed E-state index contributed by atoms with van der Waals surface area (Å²) in [7, 11) is 0. The van der Waals surface area contributed by atoms with Gasteiger partial charge in [-0.2, -0.15) is 0 Å². The molecule has 3 rings (SSSR count). The van der Waals surface area contributed by atoms with Crippen molar-refractivity contribution >= 4 is 44.7 Å². The van der Waals surface area contributed by atoms with Crippen LogP contribution in [-0.4, -0.2) is 21.4 Å². The maximum atomic E-state index is 12.7. The number of hydrogen-bond acceptors (Lipinski definition) is 5. The van der Waals surface area contributed by atoms with E-state index < -0.39 is 0 Å². The summed E-state index contributed by atoms with van der Waals surface area (Å²) in [4.78, 5) is 43.3. The molecule has 0 saturated carbocycles. The fourth-order valence-corrected chi connectivity index (χ4v) is 3.97.